The molecule has 1 heterocycles. The Morgan fingerprint density at radius 3 is 2.21 bits per heavy atom. The summed E-state index contributed by atoms with van der Waals surface area (Å²) < 4.78 is 10.4. The molecule has 104 valence electrons. The Morgan fingerprint density at radius 2 is 1.74 bits per heavy atom. The van der Waals surface area contributed by atoms with Gasteiger partial charge in [-0.25, -0.2) is 14.3 Å². The molecule has 0 spiro atoms. The maximum atomic E-state index is 11.7. The molecule has 0 aliphatic rings. The van der Waals surface area contributed by atoms with Crippen molar-refractivity contribution in [3.63, 3.8) is 0 Å². The maximum Gasteiger partial charge on any atom is 0.361 e. The summed E-state index contributed by atoms with van der Waals surface area (Å²) in [5.74, 6) is -1.44. The third-order valence-electron chi connectivity index (χ3n) is 2.17. The smallest absolute Gasteiger partial charge is 0.361 e. The van der Waals surface area contributed by atoms with Gasteiger partial charge in [0.1, 0.15) is 0 Å². The Bertz CT molecular complexity index is 512. The fourth-order valence-corrected chi connectivity index (χ4v) is 1.21. The third kappa shape index (κ3) is 3.64. The number of hydrogen-bond donors (Lipinski definition) is 0. The first-order chi connectivity index (χ1) is 8.80. The van der Waals surface area contributed by atoms with Crippen LogP contribution in [-0.4, -0.2) is 41.2 Å². The number of esters is 2. The SMILES string of the molecule is COC(=O)c1nnn(/C=C\C(C)(C)C)c1C(=O)OC. The Morgan fingerprint density at radius 1 is 1.16 bits per heavy atom. The first kappa shape index (κ1) is 14.9. The lowest BCUT2D eigenvalue weighted by Crippen LogP contribution is -2.14. The molecule has 0 saturated carbocycles. The number of hydrogen-bond acceptors (Lipinski definition) is 6. The van der Waals surface area contributed by atoms with Crippen LogP contribution < -0.4 is 0 Å². The van der Waals surface area contributed by atoms with Crippen LogP contribution in [0.4, 0.5) is 0 Å². The van der Waals surface area contributed by atoms with Gasteiger partial charge in [-0.05, 0) is 5.41 Å². The zero-order chi connectivity index (χ0) is 14.6. The van der Waals surface area contributed by atoms with Crippen LogP contribution in [0.5, 0.6) is 0 Å². The van der Waals surface area contributed by atoms with E-state index >= 15 is 0 Å². The van der Waals surface area contributed by atoms with Gasteiger partial charge in [0.15, 0.2) is 5.69 Å². The van der Waals surface area contributed by atoms with Crippen molar-refractivity contribution in [1.82, 2.24) is 15.0 Å². The number of ether oxygens (including phenoxy) is 2. The number of methoxy groups -OCH3 is 2. The molecule has 1 aromatic heterocycles. The quantitative estimate of drug-likeness (QED) is 0.769. The molecular formula is C12H17N3O4. The molecular weight excluding hydrogens is 250 g/mol. The van der Waals surface area contributed by atoms with Crippen molar-refractivity contribution < 1.29 is 19.1 Å². The molecule has 7 heteroatoms. The van der Waals surface area contributed by atoms with E-state index in [0.29, 0.717) is 0 Å². The van der Waals surface area contributed by atoms with E-state index in [-0.39, 0.29) is 16.8 Å². The van der Waals surface area contributed by atoms with Gasteiger partial charge in [0, 0.05) is 6.20 Å². The standard InChI is InChI=1S/C12H17N3O4/c1-12(2,3)6-7-15-9(11(17)19-5)8(13-14-15)10(16)18-4/h6-7H,1-5H3/b7-6-. The van der Waals surface area contributed by atoms with Gasteiger partial charge in [-0.3, -0.25) is 0 Å². The van der Waals surface area contributed by atoms with Crippen molar-refractivity contribution in [2.75, 3.05) is 14.2 Å². The van der Waals surface area contributed by atoms with Crippen molar-refractivity contribution >= 4 is 18.1 Å². The van der Waals surface area contributed by atoms with Crippen LogP contribution in [0, 0.1) is 5.41 Å². The molecule has 0 amide bonds. The predicted molar refractivity (Wildman–Crippen MR) is 67.5 cm³/mol. The molecule has 0 saturated heterocycles. The summed E-state index contributed by atoms with van der Waals surface area (Å²) in [6, 6.07) is 0. The summed E-state index contributed by atoms with van der Waals surface area (Å²) in [6.07, 6.45) is 3.39. The second-order valence-electron chi connectivity index (χ2n) is 4.90. The fraction of sp³-hybridized carbons (Fsp3) is 0.500. The Labute approximate surface area is 111 Å². The van der Waals surface area contributed by atoms with Gasteiger partial charge in [0.25, 0.3) is 0 Å². The minimum atomic E-state index is -0.740. The van der Waals surface area contributed by atoms with Crippen LogP contribution in [0.15, 0.2) is 6.08 Å². The van der Waals surface area contributed by atoms with Gasteiger partial charge >= 0.3 is 11.9 Å². The summed E-state index contributed by atoms with van der Waals surface area (Å²) >= 11 is 0. The summed E-state index contributed by atoms with van der Waals surface area (Å²) in [7, 11) is 2.42. The van der Waals surface area contributed by atoms with Crippen molar-refractivity contribution in [3.05, 3.63) is 17.5 Å². The number of nitrogens with zero attached hydrogens (tertiary/aromatic N) is 3. The molecule has 1 aromatic rings. The maximum absolute atomic E-state index is 11.7. The van der Waals surface area contributed by atoms with E-state index in [9.17, 15) is 9.59 Å². The normalized spacial score (nSPS) is 11.6. The summed E-state index contributed by atoms with van der Waals surface area (Å²) in [6.45, 7) is 5.96. The van der Waals surface area contributed by atoms with E-state index in [1.165, 1.54) is 18.9 Å². The van der Waals surface area contributed by atoms with Crippen molar-refractivity contribution in [3.8, 4) is 0 Å². The molecule has 0 bridgehead atoms. The van der Waals surface area contributed by atoms with Crippen LogP contribution in [0.3, 0.4) is 0 Å². The highest BCUT2D eigenvalue weighted by Gasteiger charge is 2.26. The van der Waals surface area contributed by atoms with E-state index in [1.807, 2.05) is 26.8 Å². The molecule has 0 aromatic carbocycles. The van der Waals surface area contributed by atoms with E-state index < -0.39 is 11.9 Å². The van der Waals surface area contributed by atoms with Crippen LogP contribution in [0.1, 0.15) is 41.7 Å². The van der Waals surface area contributed by atoms with Crippen molar-refractivity contribution in [2.45, 2.75) is 20.8 Å². The van der Waals surface area contributed by atoms with Gasteiger partial charge in [-0.2, -0.15) is 0 Å². The van der Waals surface area contributed by atoms with E-state index in [2.05, 4.69) is 19.8 Å². The predicted octanol–water partition coefficient (Wildman–Crippen LogP) is 1.37. The Balaban J connectivity index is 3.26. The van der Waals surface area contributed by atoms with Gasteiger partial charge in [0.2, 0.25) is 5.69 Å². The van der Waals surface area contributed by atoms with Gasteiger partial charge in [-0.15, -0.1) is 5.10 Å². The van der Waals surface area contributed by atoms with Crippen molar-refractivity contribution in [2.24, 2.45) is 5.41 Å². The fourth-order valence-electron chi connectivity index (χ4n) is 1.21. The first-order valence-electron chi connectivity index (χ1n) is 5.61. The molecule has 0 radical (unpaired) electrons. The van der Waals surface area contributed by atoms with E-state index in [1.54, 1.807) is 6.20 Å². The number of rotatable bonds is 3. The number of allylic oxidation sites excluding steroid dienone is 1. The third-order valence-corrected chi connectivity index (χ3v) is 2.17. The highest BCUT2D eigenvalue weighted by atomic mass is 16.5. The highest BCUT2D eigenvalue weighted by molar-refractivity contribution is 6.00. The molecule has 0 aliphatic heterocycles. The lowest BCUT2D eigenvalue weighted by Gasteiger charge is -2.11. The average molecular weight is 267 g/mol. The largest absolute Gasteiger partial charge is 0.464 e. The monoisotopic (exact) mass is 267 g/mol. The molecule has 7 nitrogen and oxygen atoms in total. The molecule has 0 aliphatic carbocycles. The number of carbonyl (C=O) groups excluding carboxylic acids is 2. The van der Waals surface area contributed by atoms with Crippen LogP contribution >= 0.6 is 0 Å². The second kappa shape index (κ2) is 5.64. The van der Waals surface area contributed by atoms with Gasteiger partial charge in [0.05, 0.1) is 14.2 Å². The highest BCUT2D eigenvalue weighted by Crippen LogP contribution is 2.16. The first-order valence-corrected chi connectivity index (χ1v) is 5.61. The topological polar surface area (TPSA) is 83.3 Å². The summed E-state index contributed by atoms with van der Waals surface area (Å²) in [5, 5.41) is 7.38. The van der Waals surface area contributed by atoms with Crippen LogP contribution in [-0.2, 0) is 9.47 Å². The lowest BCUT2D eigenvalue weighted by atomic mass is 9.97. The Hall–Kier alpha value is -2.18. The molecule has 1 rings (SSSR count). The average Bonchev–Trinajstić information content (AvgIpc) is 2.77. The minimum Gasteiger partial charge on any atom is -0.464 e. The van der Waals surface area contributed by atoms with Gasteiger partial charge < -0.3 is 9.47 Å². The molecule has 0 fully saturated rings. The summed E-state index contributed by atoms with van der Waals surface area (Å²) in [5.41, 5.74) is -0.340. The van der Waals surface area contributed by atoms with Crippen molar-refractivity contribution in [1.29, 1.82) is 0 Å². The Kier molecular flexibility index (Phi) is 4.42. The number of carbonyl (C=O) groups is 2. The van der Waals surface area contributed by atoms with Crippen LogP contribution in [0.2, 0.25) is 0 Å². The van der Waals surface area contributed by atoms with Crippen LogP contribution in [0.25, 0.3) is 6.20 Å². The second-order valence-corrected chi connectivity index (χ2v) is 4.90. The molecule has 0 unspecified atom stereocenters. The lowest BCUT2D eigenvalue weighted by molar-refractivity contribution is 0.0546. The van der Waals surface area contributed by atoms with Gasteiger partial charge in [-0.1, -0.05) is 32.1 Å². The zero-order valence-electron chi connectivity index (χ0n) is 11.6. The zero-order valence-corrected chi connectivity index (χ0v) is 11.6. The van der Waals surface area contributed by atoms with E-state index in [4.69, 9.17) is 0 Å². The summed E-state index contributed by atoms with van der Waals surface area (Å²) in [4.78, 5) is 23.2. The van der Waals surface area contributed by atoms with E-state index in [0.717, 1.165) is 0 Å². The minimum absolute atomic E-state index is 0.0603. The number of aromatic nitrogens is 3. The molecule has 19 heavy (non-hydrogen) atoms. The molecule has 0 N–H and O–H groups in total. The molecule has 0 atom stereocenters.